The van der Waals surface area contributed by atoms with Crippen molar-refractivity contribution >= 4 is 17.5 Å². The lowest BCUT2D eigenvalue weighted by molar-refractivity contribution is -0.164. The summed E-state index contributed by atoms with van der Waals surface area (Å²) in [7, 11) is 0. The molecule has 20 heavy (non-hydrogen) atoms. The molecule has 1 fully saturated rings. The topological polar surface area (TPSA) is 89.9 Å². The third-order valence-electron chi connectivity index (χ3n) is 2.84. The molecule has 0 atom stereocenters. The highest BCUT2D eigenvalue weighted by atomic mass is 16.6. The summed E-state index contributed by atoms with van der Waals surface area (Å²) >= 11 is 0. The summed E-state index contributed by atoms with van der Waals surface area (Å²) in [6.45, 7) is 6.61. The van der Waals surface area contributed by atoms with Crippen molar-refractivity contribution in [2.75, 3.05) is 6.61 Å². The van der Waals surface area contributed by atoms with E-state index in [2.05, 4.69) is 0 Å². The number of rotatable bonds is 6. The highest BCUT2D eigenvalue weighted by Gasteiger charge is 2.37. The van der Waals surface area contributed by atoms with Crippen LogP contribution >= 0.6 is 0 Å². The van der Waals surface area contributed by atoms with Crippen LogP contribution in [-0.4, -0.2) is 46.6 Å². The molecule has 0 heterocycles. The monoisotopic (exact) mass is 286 g/mol. The molecule has 114 valence electrons. The van der Waals surface area contributed by atoms with Crippen LogP contribution in [0.25, 0.3) is 0 Å². The quantitative estimate of drug-likeness (QED) is 0.573. The molecular formula is C14H22O6. The van der Waals surface area contributed by atoms with Gasteiger partial charge in [-0.1, -0.05) is 0 Å². The lowest BCUT2D eigenvalue weighted by Crippen LogP contribution is -2.37. The fraction of sp³-hybridized carbons (Fsp3) is 0.786. The number of hydrogen-bond donors (Lipinski definition) is 1. The Kier molecular flexibility index (Phi) is 5.05. The van der Waals surface area contributed by atoms with Gasteiger partial charge in [0.15, 0.2) is 11.6 Å². The van der Waals surface area contributed by atoms with Gasteiger partial charge < -0.3 is 14.6 Å². The lowest BCUT2D eigenvalue weighted by atomic mass is 10.0. The maximum atomic E-state index is 11.8. The molecular weight excluding hydrogens is 264 g/mol. The van der Waals surface area contributed by atoms with Crippen molar-refractivity contribution in [2.24, 2.45) is 0 Å². The number of Topliss-reactive ketones (excluding diaryl/α,β-unsaturated/α-hetero) is 2. The standard InChI is InChI=1S/C14H22O6/c1-13(2,18)8-19-14(3,4)7-11(17)20-12-9(15)5-6-10(12)16/h12,18H,5-8H2,1-4H3. The summed E-state index contributed by atoms with van der Waals surface area (Å²) in [6.07, 6.45) is -1.07. The molecule has 0 bridgehead atoms. The molecule has 0 amide bonds. The van der Waals surface area contributed by atoms with Crippen molar-refractivity contribution in [1.29, 1.82) is 0 Å². The molecule has 0 aliphatic heterocycles. The van der Waals surface area contributed by atoms with Crippen molar-refractivity contribution in [3.05, 3.63) is 0 Å². The van der Waals surface area contributed by atoms with E-state index in [1.54, 1.807) is 27.7 Å². The molecule has 6 nitrogen and oxygen atoms in total. The van der Waals surface area contributed by atoms with Gasteiger partial charge in [0, 0.05) is 12.8 Å². The van der Waals surface area contributed by atoms with Crippen molar-refractivity contribution in [3.63, 3.8) is 0 Å². The predicted octanol–water partition coefficient (Wildman–Crippen LogP) is 0.786. The van der Waals surface area contributed by atoms with Gasteiger partial charge in [0.2, 0.25) is 6.10 Å². The van der Waals surface area contributed by atoms with Crippen LogP contribution in [0.5, 0.6) is 0 Å². The zero-order valence-corrected chi connectivity index (χ0v) is 12.4. The van der Waals surface area contributed by atoms with E-state index in [1.165, 1.54) is 0 Å². The van der Waals surface area contributed by atoms with Gasteiger partial charge in [0.25, 0.3) is 0 Å². The average molecular weight is 286 g/mol. The molecule has 1 saturated carbocycles. The van der Waals surface area contributed by atoms with Crippen molar-refractivity contribution in [3.8, 4) is 0 Å². The molecule has 1 rings (SSSR count). The number of ketones is 2. The van der Waals surface area contributed by atoms with Crippen LogP contribution in [0.2, 0.25) is 0 Å². The van der Waals surface area contributed by atoms with Crippen molar-refractivity contribution in [1.82, 2.24) is 0 Å². The van der Waals surface area contributed by atoms with Crippen LogP contribution in [0.1, 0.15) is 47.0 Å². The van der Waals surface area contributed by atoms with Gasteiger partial charge in [-0.15, -0.1) is 0 Å². The van der Waals surface area contributed by atoms with Crippen LogP contribution in [0.4, 0.5) is 0 Å². The Morgan fingerprint density at radius 3 is 2.15 bits per heavy atom. The number of hydrogen-bond acceptors (Lipinski definition) is 6. The third kappa shape index (κ3) is 5.38. The Balaban J connectivity index is 2.48. The molecule has 0 radical (unpaired) electrons. The summed E-state index contributed by atoms with van der Waals surface area (Å²) < 4.78 is 10.4. The fourth-order valence-electron chi connectivity index (χ4n) is 1.76. The van der Waals surface area contributed by atoms with E-state index >= 15 is 0 Å². The maximum absolute atomic E-state index is 11.8. The fourth-order valence-corrected chi connectivity index (χ4v) is 1.76. The first-order chi connectivity index (χ1) is 9.00. The first-order valence-electron chi connectivity index (χ1n) is 6.61. The average Bonchev–Trinajstić information content (AvgIpc) is 2.57. The first-order valence-corrected chi connectivity index (χ1v) is 6.61. The Hall–Kier alpha value is -1.27. The molecule has 1 N–H and O–H groups in total. The zero-order chi connectivity index (χ0) is 15.6. The molecule has 1 aliphatic carbocycles. The van der Waals surface area contributed by atoms with Gasteiger partial charge in [0.1, 0.15) is 0 Å². The van der Waals surface area contributed by atoms with Crippen LogP contribution in [0.3, 0.4) is 0 Å². The molecule has 0 aromatic heterocycles. The number of carbonyl (C=O) groups excluding carboxylic acids is 3. The van der Waals surface area contributed by atoms with Crippen LogP contribution in [0, 0.1) is 0 Å². The molecule has 6 heteroatoms. The van der Waals surface area contributed by atoms with Crippen LogP contribution in [-0.2, 0) is 23.9 Å². The minimum atomic E-state index is -1.24. The first kappa shape index (κ1) is 16.8. The summed E-state index contributed by atoms with van der Waals surface area (Å²) in [5, 5.41) is 9.58. The van der Waals surface area contributed by atoms with E-state index in [1.807, 2.05) is 0 Å². The number of aliphatic hydroxyl groups is 1. The molecule has 0 spiro atoms. The highest BCUT2D eigenvalue weighted by Crippen LogP contribution is 2.20. The smallest absolute Gasteiger partial charge is 0.309 e. The zero-order valence-electron chi connectivity index (χ0n) is 12.4. The summed E-state index contributed by atoms with van der Waals surface area (Å²) in [5.74, 6) is -1.35. The number of carbonyl (C=O) groups is 3. The Labute approximate surface area is 118 Å². The molecule has 0 aromatic carbocycles. The molecule has 1 aliphatic rings. The van der Waals surface area contributed by atoms with Gasteiger partial charge in [-0.2, -0.15) is 0 Å². The molecule has 0 saturated heterocycles. The van der Waals surface area contributed by atoms with E-state index in [-0.39, 0.29) is 37.4 Å². The van der Waals surface area contributed by atoms with E-state index in [9.17, 15) is 19.5 Å². The van der Waals surface area contributed by atoms with E-state index in [0.717, 1.165) is 0 Å². The van der Waals surface area contributed by atoms with Gasteiger partial charge in [-0.3, -0.25) is 14.4 Å². The Morgan fingerprint density at radius 1 is 1.20 bits per heavy atom. The second-order valence-electron chi connectivity index (χ2n) is 6.34. The van der Waals surface area contributed by atoms with E-state index in [4.69, 9.17) is 9.47 Å². The number of esters is 1. The van der Waals surface area contributed by atoms with E-state index < -0.39 is 23.3 Å². The lowest BCUT2D eigenvalue weighted by Gasteiger charge is -2.28. The normalized spacial score (nSPS) is 17.6. The largest absolute Gasteiger partial charge is 0.446 e. The summed E-state index contributed by atoms with van der Waals surface area (Å²) in [6, 6.07) is 0. The van der Waals surface area contributed by atoms with Crippen molar-refractivity contribution in [2.45, 2.75) is 64.3 Å². The number of ether oxygens (including phenoxy) is 2. The van der Waals surface area contributed by atoms with Crippen LogP contribution < -0.4 is 0 Å². The predicted molar refractivity (Wildman–Crippen MR) is 70.1 cm³/mol. The van der Waals surface area contributed by atoms with Crippen molar-refractivity contribution < 1.29 is 29.0 Å². The third-order valence-corrected chi connectivity index (χ3v) is 2.84. The minimum Gasteiger partial charge on any atom is -0.446 e. The molecule has 0 aromatic rings. The SMILES string of the molecule is CC(C)(O)COC(C)(C)CC(=O)OC1C(=O)CCC1=O. The highest BCUT2D eigenvalue weighted by molar-refractivity contribution is 6.12. The Bertz CT molecular complexity index is 388. The minimum absolute atomic E-state index is 0.0641. The second-order valence-corrected chi connectivity index (χ2v) is 6.34. The van der Waals surface area contributed by atoms with Gasteiger partial charge in [-0.25, -0.2) is 0 Å². The molecule has 0 unspecified atom stereocenters. The second kappa shape index (κ2) is 6.01. The summed E-state index contributed by atoms with van der Waals surface area (Å²) in [4.78, 5) is 34.5. The Morgan fingerprint density at radius 2 is 1.70 bits per heavy atom. The van der Waals surface area contributed by atoms with Gasteiger partial charge in [0.05, 0.1) is 24.2 Å². The van der Waals surface area contributed by atoms with Gasteiger partial charge in [-0.05, 0) is 27.7 Å². The maximum Gasteiger partial charge on any atom is 0.309 e. The summed E-state index contributed by atoms with van der Waals surface area (Å²) in [5.41, 5.74) is -1.85. The van der Waals surface area contributed by atoms with E-state index in [0.29, 0.717) is 0 Å². The van der Waals surface area contributed by atoms with Gasteiger partial charge >= 0.3 is 5.97 Å². The van der Waals surface area contributed by atoms with Crippen LogP contribution in [0.15, 0.2) is 0 Å².